The van der Waals surface area contributed by atoms with Gasteiger partial charge in [-0.25, -0.2) is 4.39 Å². The number of pyridine rings is 1. The van der Waals surface area contributed by atoms with Crippen molar-refractivity contribution in [2.75, 3.05) is 18.4 Å². The normalized spacial score (nSPS) is 14.9. The molecule has 2 aromatic heterocycles. The highest BCUT2D eigenvalue weighted by Crippen LogP contribution is 2.30. The molecule has 1 aliphatic rings. The SMILES string of the molecule is Fc1ccc(Nc2ccnc3cc(-c4cnn(C5CCNCC5)c4)ccc23)cc1. The van der Waals surface area contributed by atoms with Gasteiger partial charge in [-0.15, -0.1) is 0 Å². The molecule has 0 spiro atoms. The van der Waals surface area contributed by atoms with Gasteiger partial charge in [0.25, 0.3) is 0 Å². The van der Waals surface area contributed by atoms with Gasteiger partial charge in [0, 0.05) is 34.7 Å². The minimum Gasteiger partial charge on any atom is -0.355 e. The monoisotopic (exact) mass is 387 g/mol. The van der Waals surface area contributed by atoms with Crippen molar-refractivity contribution in [1.82, 2.24) is 20.1 Å². The van der Waals surface area contributed by atoms with E-state index in [9.17, 15) is 4.39 Å². The highest BCUT2D eigenvalue weighted by atomic mass is 19.1. The summed E-state index contributed by atoms with van der Waals surface area (Å²) >= 11 is 0. The Balaban J connectivity index is 1.43. The lowest BCUT2D eigenvalue weighted by Crippen LogP contribution is -2.29. The average molecular weight is 387 g/mol. The number of fused-ring (bicyclic) bond motifs is 1. The maximum Gasteiger partial charge on any atom is 0.123 e. The molecule has 0 aliphatic carbocycles. The molecule has 0 saturated carbocycles. The smallest absolute Gasteiger partial charge is 0.123 e. The van der Waals surface area contributed by atoms with E-state index < -0.39 is 0 Å². The van der Waals surface area contributed by atoms with Crippen molar-refractivity contribution in [1.29, 1.82) is 0 Å². The Kier molecular flexibility index (Phi) is 4.69. The highest BCUT2D eigenvalue weighted by Gasteiger charge is 2.16. The van der Waals surface area contributed by atoms with Crippen molar-refractivity contribution in [2.24, 2.45) is 0 Å². The van der Waals surface area contributed by atoms with E-state index in [0.717, 1.165) is 59.3 Å². The molecular weight excluding hydrogens is 365 g/mol. The largest absolute Gasteiger partial charge is 0.355 e. The molecule has 146 valence electrons. The molecule has 0 unspecified atom stereocenters. The van der Waals surface area contributed by atoms with E-state index >= 15 is 0 Å². The lowest BCUT2D eigenvalue weighted by Gasteiger charge is -2.22. The molecule has 5 nitrogen and oxygen atoms in total. The molecule has 0 amide bonds. The fraction of sp³-hybridized carbons (Fsp3) is 0.217. The number of benzene rings is 2. The summed E-state index contributed by atoms with van der Waals surface area (Å²) in [7, 11) is 0. The summed E-state index contributed by atoms with van der Waals surface area (Å²) in [5.41, 5.74) is 4.89. The minimum absolute atomic E-state index is 0.246. The molecule has 2 aromatic carbocycles. The number of hydrogen-bond acceptors (Lipinski definition) is 4. The van der Waals surface area contributed by atoms with Gasteiger partial charge in [-0.2, -0.15) is 5.10 Å². The molecule has 0 atom stereocenters. The number of hydrogen-bond donors (Lipinski definition) is 2. The van der Waals surface area contributed by atoms with E-state index in [1.54, 1.807) is 18.3 Å². The molecule has 1 fully saturated rings. The van der Waals surface area contributed by atoms with Crippen molar-refractivity contribution >= 4 is 22.3 Å². The third kappa shape index (κ3) is 3.71. The first-order valence-electron chi connectivity index (χ1n) is 9.93. The number of nitrogens with zero attached hydrogens (tertiary/aromatic N) is 3. The Morgan fingerprint density at radius 2 is 1.83 bits per heavy atom. The van der Waals surface area contributed by atoms with Gasteiger partial charge in [0.2, 0.25) is 0 Å². The standard InChI is InChI=1S/C23H22FN5/c24-18-2-4-19(5-3-18)28-22-9-12-26-23-13-16(1-6-21(22)23)17-14-27-29(15-17)20-7-10-25-11-8-20/h1-6,9,12-15,20,25H,7-8,10-11H2,(H,26,28). The fourth-order valence-electron chi connectivity index (χ4n) is 3.88. The number of nitrogens with one attached hydrogen (secondary N) is 2. The summed E-state index contributed by atoms with van der Waals surface area (Å²) < 4.78 is 15.3. The Bertz CT molecular complexity index is 1130. The number of aromatic nitrogens is 3. The van der Waals surface area contributed by atoms with E-state index in [0.29, 0.717) is 6.04 Å². The molecule has 4 aromatic rings. The number of anilines is 2. The van der Waals surface area contributed by atoms with Crippen LogP contribution in [-0.2, 0) is 0 Å². The molecule has 0 radical (unpaired) electrons. The molecule has 1 saturated heterocycles. The molecule has 6 heteroatoms. The topological polar surface area (TPSA) is 54.8 Å². The quantitative estimate of drug-likeness (QED) is 0.523. The summed E-state index contributed by atoms with van der Waals surface area (Å²) in [4.78, 5) is 4.54. The van der Waals surface area contributed by atoms with Crippen LogP contribution in [0, 0.1) is 5.82 Å². The summed E-state index contributed by atoms with van der Waals surface area (Å²) in [5, 5.41) is 12.4. The first-order valence-corrected chi connectivity index (χ1v) is 9.93. The van der Waals surface area contributed by atoms with Crippen LogP contribution in [0.1, 0.15) is 18.9 Å². The maximum absolute atomic E-state index is 13.2. The lowest BCUT2D eigenvalue weighted by molar-refractivity contribution is 0.343. The minimum atomic E-state index is -0.246. The van der Waals surface area contributed by atoms with Crippen molar-refractivity contribution < 1.29 is 4.39 Å². The molecule has 5 rings (SSSR count). The van der Waals surface area contributed by atoms with Crippen LogP contribution in [-0.4, -0.2) is 27.9 Å². The Morgan fingerprint density at radius 3 is 2.66 bits per heavy atom. The van der Waals surface area contributed by atoms with Gasteiger partial charge in [-0.3, -0.25) is 9.67 Å². The van der Waals surface area contributed by atoms with E-state index in [4.69, 9.17) is 0 Å². The zero-order valence-corrected chi connectivity index (χ0v) is 16.0. The van der Waals surface area contributed by atoms with Crippen molar-refractivity contribution in [3.05, 3.63) is 72.9 Å². The van der Waals surface area contributed by atoms with Gasteiger partial charge in [0.05, 0.1) is 17.8 Å². The van der Waals surface area contributed by atoms with Crippen LogP contribution in [0.15, 0.2) is 67.1 Å². The van der Waals surface area contributed by atoms with Gasteiger partial charge in [-0.1, -0.05) is 12.1 Å². The molecule has 1 aliphatic heterocycles. The van der Waals surface area contributed by atoms with Crippen LogP contribution in [0.4, 0.5) is 15.8 Å². The number of rotatable bonds is 4. The van der Waals surface area contributed by atoms with E-state index in [1.165, 1.54) is 12.1 Å². The second-order valence-corrected chi connectivity index (χ2v) is 7.41. The maximum atomic E-state index is 13.2. The summed E-state index contributed by atoms with van der Waals surface area (Å²) in [6.07, 6.45) is 8.08. The van der Waals surface area contributed by atoms with E-state index in [2.05, 4.69) is 49.8 Å². The summed E-state index contributed by atoms with van der Waals surface area (Å²) in [6.45, 7) is 2.09. The predicted molar refractivity (Wildman–Crippen MR) is 114 cm³/mol. The first kappa shape index (κ1) is 17.8. The van der Waals surface area contributed by atoms with Crippen LogP contribution in [0.2, 0.25) is 0 Å². The van der Waals surface area contributed by atoms with Crippen LogP contribution >= 0.6 is 0 Å². The van der Waals surface area contributed by atoms with Crippen LogP contribution in [0.3, 0.4) is 0 Å². The average Bonchev–Trinajstić information content (AvgIpc) is 3.26. The molecule has 2 N–H and O–H groups in total. The zero-order valence-electron chi connectivity index (χ0n) is 16.0. The second kappa shape index (κ2) is 7.64. The summed E-state index contributed by atoms with van der Waals surface area (Å²) in [6, 6.07) is 15.0. The zero-order chi connectivity index (χ0) is 19.6. The van der Waals surface area contributed by atoms with Crippen LogP contribution in [0.5, 0.6) is 0 Å². The lowest BCUT2D eigenvalue weighted by atomic mass is 10.1. The van der Waals surface area contributed by atoms with Crippen molar-refractivity contribution in [3.8, 4) is 11.1 Å². The van der Waals surface area contributed by atoms with Gasteiger partial charge in [0.15, 0.2) is 0 Å². The number of halogens is 1. The van der Waals surface area contributed by atoms with E-state index in [-0.39, 0.29) is 5.82 Å². The van der Waals surface area contributed by atoms with Gasteiger partial charge in [0.1, 0.15) is 5.82 Å². The van der Waals surface area contributed by atoms with Crippen LogP contribution < -0.4 is 10.6 Å². The van der Waals surface area contributed by atoms with Gasteiger partial charge >= 0.3 is 0 Å². The van der Waals surface area contributed by atoms with Gasteiger partial charge in [-0.05, 0) is 67.9 Å². The molecule has 0 bridgehead atoms. The van der Waals surface area contributed by atoms with Crippen molar-refractivity contribution in [3.63, 3.8) is 0 Å². The molecular formula is C23H22FN5. The fourth-order valence-corrected chi connectivity index (χ4v) is 3.88. The predicted octanol–water partition coefficient (Wildman–Crippen LogP) is 4.91. The Hall–Kier alpha value is -3.25. The second-order valence-electron chi connectivity index (χ2n) is 7.41. The Labute approximate surface area is 168 Å². The third-order valence-corrected chi connectivity index (χ3v) is 5.48. The summed E-state index contributed by atoms with van der Waals surface area (Å²) in [5.74, 6) is -0.246. The van der Waals surface area contributed by atoms with E-state index in [1.807, 2.05) is 12.3 Å². The first-order chi connectivity index (χ1) is 14.3. The third-order valence-electron chi connectivity index (χ3n) is 5.48. The van der Waals surface area contributed by atoms with Crippen LogP contribution in [0.25, 0.3) is 22.0 Å². The molecule has 3 heterocycles. The molecule has 29 heavy (non-hydrogen) atoms. The van der Waals surface area contributed by atoms with Gasteiger partial charge < -0.3 is 10.6 Å². The highest BCUT2D eigenvalue weighted by molar-refractivity contribution is 5.95. The van der Waals surface area contributed by atoms with Crippen molar-refractivity contribution in [2.45, 2.75) is 18.9 Å². The number of piperidine rings is 1. The Morgan fingerprint density at radius 1 is 1.00 bits per heavy atom.